The molecule has 4 nitrogen and oxygen atoms in total. The zero-order valence-electron chi connectivity index (χ0n) is 6.59. The predicted molar refractivity (Wildman–Crippen MR) is 45.1 cm³/mol. The average Bonchev–Trinajstić information content (AvgIpc) is 2.58. The number of hydrogen-bond donors (Lipinski definition) is 1. The van der Waals surface area contributed by atoms with Crippen molar-refractivity contribution in [2.24, 2.45) is 0 Å². The molecular formula is C7H8N2O2S. The van der Waals surface area contributed by atoms with Gasteiger partial charge in [0, 0.05) is 12.3 Å². The first-order valence-corrected chi connectivity index (χ1v) is 4.37. The van der Waals surface area contributed by atoms with Crippen molar-refractivity contribution >= 4 is 17.7 Å². The van der Waals surface area contributed by atoms with Crippen molar-refractivity contribution in [1.29, 1.82) is 5.26 Å². The Morgan fingerprint density at radius 2 is 2.58 bits per heavy atom. The van der Waals surface area contributed by atoms with Crippen molar-refractivity contribution in [2.45, 2.75) is 0 Å². The number of carbonyl (C=O) groups is 1. The summed E-state index contributed by atoms with van der Waals surface area (Å²) in [4.78, 5) is 11.0. The lowest BCUT2D eigenvalue weighted by molar-refractivity contribution is -0.135. The van der Waals surface area contributed by atoms with Gasteiger partial charge in [-0.1, -0.05) is 0 Å². The number of methoxy groups -OCH3 is 1. The normalized spacial score (nSPS) is 19.3. The summed E-state index contributed by atoms with van der Waals surface area (Å²) in [7, 11) is 1.26. The fourth-order valence-corrected chi connectivity index (χ4v) is 1.71. The molecule has 0 atom stereocenters. The fourth-order valence-electron chi connectivity index (χ4n) is 0.820. The molecule has 64 valence electrons. The monoisotopic (exact) mass is 184 g/mol. The van der Waals surface area contributed by atoms with E-state index in [1.54, 1.807) is 0 Å². The molecule has 0 aromatic rings. The van der Waals surface area contributed by atoms with Crippen LogP contribution in [0.1, 0.15) is 0 Å². The van der Waals surface area contributed by atoms with Crippen LogP contribution in [0.25, 0.3) is 0 Å². The second-order valence-electron chi connectivity index (χ2n) is 2.08. The maximum Gasteiger partial charge on any atom is 0.351 e. The fraction of sp³-hybridized carbons (Fsp3) is 0.429. The van der Waals surface area contributed by atoms with Crippen LogP contribution in [-0.2, 0) is 9.53 Å². The van der Waals surface area contributed by atoms with Gasteiger partial charge in [-0.2, -0.15) is 5.26 Å². The molecule has 0 unspecified atom stereocenters. The predicted octanol–water partition coefficient (Wildman–Crippen LogP) is 0.231. The summed E-state index contributed by atoms with van der Waals surface area (Å²) in [6.45, 7) is 0.794. The van der Waals surface area contributed by atoms with E-state index in [1.165, 1.54) is 18.9 Å². The third-order valence-electron chi connectivity index (χ3n) is 1.36. The quantitative estimate of drug-likeness (QED) is 0.359. The van der Waals surface area contributed by atoms with Gasteiger partial charge in [-0.05, 0) is 0 Å². The summed E-state index contributed by atoms with van der Waals surface area (Å²) >= 11 is 1.46. The molecule has 5 heteroatoms. The molecule has 0 aromatic heterocycles. The molecular weight excluding hydrogens is 176 g/mol. The maximum absolute atomic E-state index is 11.0. The summed E-state index contributed by atoms with van der Waals surface area (Å²) in [5.74, 6) is 0.312. The van der Waals surface area contributed by atoms with Crippen LogP contribution in [-0.4, -0.2) is 25.4 Å². The van der Waals surface area contributed by atoms with E-state index >= 15 is 0 Å². The zero-order valence-corrected chi connectivity index (χ0v) is 7.40. The molecule has 12 heavy (non-hydrogen) atoms. The first kappa shape index (κ1) is 8.94. The number of nitriles is 1. The zero-order chi connectivity index (χ0) is 8.97. The highest BCUT2D eigenvalue weighted by Crippen LogP contribution is 2.21. The van der Waals surface area contributed by atoms with Crippen LogP contribution >= 0.6 is 11.8 Å². The number of rotatable bonds is 1. The Bertz CT molecular complexity index is 259. The third kappa shape index (κ3) is 1.71. The molecule has 0 saturated carbocycles. The van der Waals surface area contributed by atoms with E-state index in [-0.39, 0.29) is 5.57 Å². The molecule has 0 aliphatic carbocycles. The van der Waals surface area contributed by atoms with Crippen LogP contribution in [0.15, 0.2) is 10.6 Å². The van der Waals surface area contributed by atoms with Crippen molar-refractivity contribution in [2.75, 3.05) is 19.4 Å². The topological polar surface area (TPSA) is 62.1 Å². The van der Waals surface area contributed by atoms with Crippen molar-refractivity contribution < 1.29 is 9.53 Å². The van der Waals surface area contributed by atoms with Crippen LogP contribution in [0.3, 0.4) is 0 Å². The molecule has 1 N–H and O–H groups in total. The minimum Gasteiger partial charge on any atom is -0.465 e. The largest absolute Gasteiger partial charge is 0.465 e. The second kappa shape index (κ2) is 4.02. The number of carbonyl (C=O) groups excluding carboxylic acids is 1. The lowest BCUT2D eigenvalue weighted by Gasteiger charge is -2.00. The minimum atomic E-state index is -0.575. The van der Waals surface area contributed by atoms with Gasteiger partial charge in [-0.3, -0.25) is 0 Å². The van der Waals surface area contributed by atoms with Crippen molar-refractivity contribution in [3.63, 3.8) is 0 Å². The molecule has 0 bridgehead atoms. The highest BCUT2D eigenvalue weighted by atomic mass is 32.2. The summed E-state index contributed by atoms with van der Waals surface area (Å²) < 4.78 is 4.44. The van der Waals surface area contributed by atoms with Gasteiger partial charge < -0.3 is 10.1 Å². The van der Waals surface area contributed by atoms with Gasteiger partial charge in [-0.15, -0.1) is 11.8 Å². The average molecular weight is 184 g/mol. The Labute approximate surface area is 74.6 Å². The number of hydrogen-bond acceptors (Lipinski definition) is 5. The van der Waals surface area contributed by atoms with Crippen LogP contribution < -0.4 is 5.32 Å². The molecule has 0 spiro atoms. The number of nitrogens with one attached hydrogen (secondary N) is 1. The van der Waals surface area contributed by atoms with Crippen molar-refractivity contribution in [3.05, 3.63) is 10.6 Å². The van der Waals surface area contributed by atoms with Crippen molar-refractivity contribution in [3.8, 4) is 6.07 Å². The lowest BCUT2D eigenvalue weighted by atomic mass is 10.3. The standard InChI is InChI=1S/C7H8N2O2S/c1-11-7(10)5(4-8)6-9-2-3-12-6/h9H,2-3H2,1H3/b6-5+. The molecule has 1 aliphatic heterocycles. The Hall–Kier alpha value is -1.15. The van der Waals surface area contributed by atoms with Gasteiger partial charge in [0.05, 0.1) is 12.1 Å². The smallest absolute Gasteiger partial charge is 0.351 e. The number of nitrogens with zero attached hydrogens (tertiary/aromatic N) is 1. The third-order valence-corrected chi connectivity index (χ3v) is 2.41. The highest BCUT2D eigenvalue weighted by Gasteiger charge is 2.18. The summed E-state index contributed by atoms with van der Waals surface area (Å²) in [6.07, 6.45) is 0. The van der Waals surface area contributed by atoms with Gasteiger partial charge in [-0.25, -0.2) is 4.79 Å². The van der Waals surface area contributed by atoms with Crippen LogP contribution in [0.4, 0.5) is 0 Å². The van der Waals surface area contributed by atoms with Crippen LogP contribution in [0, 0.1) is 11.3 Å². The van der Waals surface area contributed by atoms with Gasteiger partial charge in [0.15, 0.2) is 5.57 Å². The second-order valence-corrected chi connectivity index (χ2v) is 3.19. The molecule has 1 rings (SSSR count). The number of ether oxygens (including phenoxy) is 1. The van der Waals surface area contributed by atoms with Gasteiger partial charge >= 0.3 is 5.97 Å². The van der Waals surface area contributed by atoms with E-state index in [4.69, 9.17) is 5.26 Å². The first-order valence-electron chi connectivity index (χ1n) is 3.39. The molecule has 1 aliphatic rings. The number of esters is 1. The minimum absolute atomic E-state index is 0.0694. The van der Waals surface area contributed by atoms with Crippen LogP contribution in [0.5, 0.6) is 0 Å². The molecule has 1 heterocycles. The SMILES string of the molecule is COC(=O)/C(C#N)=C1\NCCS1. The first-order chi connectivity index (χ1) is 5.79. The van der Waals surface area contributed by atoms with Gasteiger partial charge in [0.1, 0.15) is 6.07 Å². The Balaban J connectivity index is 2.86. The lowest BCUT2D eigenvalue weighted by Crippen LogP contribution is -2.12. The molecule has 0 amide bonds. The van der Waals surface area contributed by atoms with Gasteiger partial charge in [0.2, 0.25) is 0 Å². The van der Waals surface area contributed by atoms with Crippen molar-refractivity contribution in [1.82, 2.24) is 5.32 Å². The maximum atomic E-state index is 11.0. The Morgan fingerprint density at radius 3 is 3.00 bits per heavy atom. The Kier molecular flexibility index (Phi) is 3.00. The number of thioether (sulfide) groups is 1. The van der Waals surface area contributed by atoms with E-state index in [0.29, 0.717) is 5.03 Å². The van der Waals surface area contributed by atoms with E-state index in [1.807, 2.05) is 6.07 Å². The Morgan fingerprint density at radius 1 is 1.83 bits per heavy atom. The molecule has 1 saturated heterocycles. The molecule has 0 aromatic carbocycles. The summed E-state index contributed by atoms with van der Waals surface area (Å²) in [5, 5.41) is 12.2. The van der Waals surface area contributed by atoms with E-state index in [0.717, 1.165) is 12.3 Å². The molecule has 0 radical (unpaired) electrons. The summed E-state index contributed by atoms with van der Waals surface area (Å²) in [5.41, 5.74) is 0.0694. The van der Waals surface area contributed by atoms with E-state index in [2.05, 4.69) is 10.1 Å². The molecule has 1 fully saturated rings. The van der Waals surface area contributed by atoms with E-state index in [9.17, 15) is 4.79 Å². The highest BCUT2D eigenvalue weighted by molar-refractivity contribution is 8.03. The summed E-state index contributed by atoms with van der Waals surface area (Å²) in [6, 6.07) is 1.82. The van der Waals surface area contributed by atoms with Crippen LogP contribution in [0.2, 0.25) is 0 Å². The van der Waals surface area contributed by atoms with Gasteiger partial charge in [0.25, 0.3) is 0 Å². The van der Waals surface area contributed by atoms with E-state index < -0.39 is 5.97 Å².